The second-order valence-electron chi connectivity index (χ2n) is 4.90. The Hall–Kier alpha value is -1.46. The summed E-state index contributed by atoms with van der Waals surface area (Å²) in [5.74, 6) is -0.220. The van der Waals surface area contributed by atoms with E-state index in [1.165, 1.54) is 0 Å². The summed E-state index contributed by atoms with van der Waals surface area (Å²) in [7, 11) is 0. The lowest BCUT2D eigenvalue weighted by Crippen LogP contribution is -2.24. The highest BCUT2D eigenvalue weighted by Gasteiger charge is 2.28. The van der Waals surface area contributed by atoms with E-state index in [-0.39, 0.29) is 12.5 Å². The molecule has 1 aromatic rings. The summed E-state index contributed by atoms with van der Waals surface area (Å²) >= 11 is 6.26. The third-order valence-corrected chi connectivity index (χ3v) is 3.73. The summed E-state index contributed by atoms with van der Waals surface area (Å²) in [4.78, 5) is 14.1. The van der Waals surface area contributed by atoms with E-state index < -0.39 is 5.97 Å². The molecule has 20 heavy (non-hydrogen) atoms. The molecule has 2 rings (SSSR count). The number of nitrogens with zero attached hydrogens (tertiary/aromatic N) is 1. The number of ether oxygens (including phenoxy) is 1. The number of anilines is 2. The Morgan fingerprint density at radius 1 is 1.60 bits per heavy atom. The molecule has 1 aromatic carbocycles. The molecule has 1 aliphatic heterocycles. The van der Waals surface area contributed by atoms with Crippen LogP contribution in [0, 0.1) is 5.92 Å². The number of benzene rings is 1. The van der Waals surface area contributed by atoms with Crippen molar-refractivity contribution >= 4 is 28.9 Å². The Morgan fingerprint density at radius 3 is 2.95 bits per heavy atom. The van der Waals surface area contributed by atoms with Crippen LogP contribution in [-0.4, -0.2) is 37.4 Å². The minimum atomic E-state index is -0.427. The van der Waals surface area contributed by atoms with Crippen LogP contribution in [0.1, 0.15) is 23.7 Å². The van der Waals surface area contributed by atoms with Crippen molar-refractivity contribution in [3.05, 3.63) is 22.7 Å². The zero-order chi connectivity index (χ0) is 14.7. The molecule has 0 saturated carbocycles. The molecule has 6 heteroatoms. The Kier molecular flexibility index (Phi) is 4.73. The van der Waals surface area contributed by atoms with Gasteiger partial charge in [-0.25, -0.2) is 4.79 Å². The molecule has 0 bridgehead atoms. The number of nitrogens with two attached hydrogens (primary N) is 1. The topological polar surface area (TPSA) is 75.8 Å². The lowest BCUT2D eigenvalue weighted by atomic mass is 10.1. The average molecular weight is 299 g/mol. The van der Waals surface area contributed by atoms with Crippen molar-refractivity contribution in [2.24, 2.45) is 5.92 Å². The number of rotatable bonds is 4. The lowest BCUT2D eigenvalue weighted by molar-refractivity contribution is 0.0527. The predicted molar refractivity (Wildman–Crippen MR) is 79.2 cm³/mol. The lowest BCUT2D eigenvalue weighted by Gasteiger charge is -2.23. The zero-order valence-electron chi connectivity index (χ0n) is 11.4. The van der Waals surface area contributed by atoms with E-state index in [9.17, 15) is 9.90 Å². The van der Waals surface area contributed by atoms with Crippen LogP contribution in [0.2, 0.25) is 5.02 Å². The SMILES string of the molecule is CCOC(=O)c1cc(N)cc(Cl)c1N1CCC(CO)C1. The standard InChI is InChI=1S/C14H19ClN2O3/c1-2-20-14(19)11-5-10(16)6-12(15)13(11)17-4-3-9(7-17)8-18/h5-6,9,18H,2-4,7-8,16H2,1H3. The van der Waals surface area contributed by atoms with Crippen molar-refractivity contribution in [2.45, 2.75) is 13.3 Å². The first-order chi connectivity index (χ1) is 9.56. The zero-order valence-corrected chi connectivity index (χ0v) is 12.2. The molecule has 0 radical (unpaired) electrons. The smallest absolute Gasteiger partial charge is 0.340 e. The van der Waals surface area contributed by atoms with Crippen molar-refractivity contribution in [3.8, 4) is 0 Å². The fourth-order valence-electron chi connectivity index (χ4n) is 2.49. The van der Waals surface area contributed by atoms with Crippen LogP contribution < -0.4 is 10.6 Å². The molecule has 5 nitrogen and oxygen atoms in total. The predicted octanol–water partition coefficient (Wildman–Crippen LogP) is 1.92. The summed E-state index contributed by atoms with van der Waals surface area (Å²) in [6, 6.07) is 3.22. The van der Waals surface area contributed by atoms with Gasteiger partial charge < -0.3 is 20.5 Å². The largest absolute Gasteiger partial charge is 0.462 e. The van der Waals surface area contributed by atoms with Crippen LogP contribution in [0.3, 0.4) is 0 Å². The highest BCUT2D eigenvalue weighted by molar-refractivity contribution is 6.34. The molecule has 0 amide bonds. The first-order valence-corrected chi connectivity index (χ1v) is 7.06. The van der Waals surface area contributed by atoms with E-state index in [0.717, 1.165) is 13.0 Å². The van der Waals surface area contributed by atoms with Crippen molar-refractivity contribution < 1.29 is 14.6 Å². The number of aliphatic hydroxyl groups excluding tert-OH is 1. The van der Waals surface area contributed by atoms with Crippen LogP contribution in [0.25, 0.3) is 0 Å². The van der Waals surface area contributed by atoms with Crippen LogP contribution in [-0.2, 0) is 4.74 Å². The van der Waals surface area contributed by atoms with E-state index in [2.05, 4.69) is 0 Å². The van der Waals surface area contributed by atoms with Gasteiger partial charge in [0.1, 0.15) is 0 Å². The quantitative estimate of drug-likeness (QED) is 0.656. The molecular formula is C14H19ClN2O3. The molecule has 0 aliphatic carbocycles. The van der Waals surface area contributed by atoms with E-state index >= 15 is 0 Å². The van der Waals surface area contributed by atoms with Gasteiger partial charge in [0.25, 0.3) is 0 Å². The van der Waals surface area contributed by atoms with Crippen molar-refractivity contribution in [1.82, 2.24) is 0 Å². The number of aliphatic hydroxyl groups is 1. The molecule has 3 N–H and O–H groups in total. The van der Waals surface area contributed by atoms with Crippen molar-refractivity contribution in [1.29, 1.82) is 0 Å². The minimum absolute atomic E-state index is 0.137. The van der Waals surface area contributed by atoms with E-state index in [1.54, 1.807) is 19.1 Å². The number of nitrogen functional groups attached to an aromatic ring is 1. The second kappa shape index (κ2) is 6.33. The van der Waals surface area contributed by atoms with Crippen LogP contribution in [0.4, 0.5) is 11.4 Å². The normalized spacial score (nSPS) is 18.4. The van der Waals surface area contributed by atoms with Gasteiger partial charge in [-0.1, -0.05) is 11.6 Å². The van der Waals surface area contributed by atoms with Crippen LogP contribution in [0.15, 0.2) is 12.1 Å². The first-order valence-electron chi connectivity index (χ1n) is 6.68. The molecule has 0 spiro atoms. The summed E-state index contributed by atoms with van der Waals surface area (Å²) in [5, 5.41) is 9.67. The molecule has 1 unspecified atom stereocenters. The van der Waals surface area contributed by atoms with Gasteiger partial charge in [0.05, 0.1) is 22.9 Å². The Balaban J connectivity index is 2.38. The second-order valence-corrected chi connectivity index (χ2v) is 5.31. The molecule has 1 saturated heterocycles. The van der Waals surface area contributed by atoms with Gasteiger partial charge in [0, 0.05) is 31.3 Å². The number of carbonyl (C=O) groups is 1. The molecule has 1 fully saturated rings. The highest BCUT2D eigenvalue weighted by Crippen LogP contribution is 2.36. The molecular weight excluding hydrogens is 280 g/mol. The van der Waals surface area contributed by atoms with Gasteiger partial charge in [-0.2, -0.15) is 0 Å². The van der Waals surface area contributed by atoms with Crippen LogP contribution >= 0.6 is 11.6 Å². The fraction of sp³-hybridized carbons (Fsp3) is 0.500. The maximum atomic E-state index is 12.1. The van der Waals surface area contributed by atoms with Gasteiger partial charge in [-0.05, 0) is 25.5 Å². The average Bonchev–Trinajstić information content (AvgIpc) is 2.86. The molecule has 1 aliphatic rings. The molecule has 110 valence electrons. The Labute approximate surface area is 123 Å². The monoisotopic (exact) mass is 298 g/mol. The number of halogens is 1. The van der Waals surface area contributed by atoms with Gasteiger partial charge >= 0.3 is 5.97 Å². The molecule has 0 aromatic heterocycles. The van der Waals surface area contributed by atoms with E-state index in [4.69, 9.17) is 22.1 Å². The van der Waals surface area contributed by atoms with Crippen molar-refractivity contribution in [2.75, 3.05) is 36.9 Å². The number of esters is 1. The molecule has 1 atom stereocenters. The van der Waals surface area contributed by atoms with Gasteiger partial charge in [0.2, 0.25) is 0 Å². The third kappa shape index (κ3) is 2.99. The minimum Gasteiger partial charge on any atom is -0.462 e. The van der Waals surface area contributed by atoms with Gasteiger partial charge in [-0.3, -0.25) is 0 Å². The Morgan fingerprint density at radius 2 is 2.35 bits per heavy atom. The van der Waals surface area contributed by atoms with Gasteiger partial charge in [0.15, 0.2) is 0 Å². The third-order valence-electron chi connectivity index (χ3n) is 3.44. The number of hydrogen-bond donors (Lipinski definition) is 2. The Bertz CT molecular complexity index is 507. The fourth-order valence-corrected chi connectivity index (χ4v) is 2.84. The number of carbonyl (C=O) groups excluding carboxylic acids is 1. The first kappa shape index (κ1) is 14.9. The summed E-state index contributed by atoms with van der Waals surface area (Å²) in [6.45, 7) is 3.61. The van der Waals surface area contributed by atoms with E-state index in [1.807, 2.05) is 4.90 Å². The maximum absolute atomic E-state index is 12.1. The van der Waals surface area contributed by atoms with E-state index in [0.29, 0.717) is 35.1 Å². The molecule has 1 heterocycles. The summed E-state index contributed by atoms with van der Waals surface area (Å²) < 4.78 is 5.06. The summed E-state index contributed by atoms with van der Waals surface area (Å²) in [5.41, 5.74) is 7.23. The van der Waals surface area contributed by atoms with Crippen molar-refractivity contribution in [3.63, 3.8) is 0 Å². The maximum Gasteiger partial charge on any atom is 0.340 e. The summed E-state index contributed by atoms with van der Waals surface area (Å²) in [6.07, 6.45) is 0.874. The van der Waals surface area contributed by atoms with Crippen LogP contribution in [0.5, 0.6) is 0 Å². The number of hydrogen-bond acceptors (Lipinski definition) is 5. The highest BCUT2D eigenvalue weighted by atomic mass is 35.5. The van der Waals surface area contributed by atoms with Gasteiger partial charge in [-0.15, -0.1) is 0 Å².